The van der Waals surface area contributed by atoms with Crippen LogP contribution in [0.4, 0.5) is 5.69 Å². The maximum atomic E-state index is 12.2. The standard InChI is InChI=1S/C19H23N3O/c20-18-8-4-7-17(12-18)19(23)21-13-15-5-3-6-16(11-15)14-22-9-1-2-10-22/h3-8,11-12H,1-2,9-10,13-14,20H2,(H,21,23). The van der Waals surface area contributed by atoms with Crippen molar-refractivity contribution in [1.29, 1.82) is 0 Å². The molecule has 4 heteroatoms. The second kappa shape index (κ2) is 7.29. The van der Waals surface area contributed by atoms with Crippen LogP contribution in [0, 0.1) is 0 Å². The molecular weight excluding hydrogens is 286 g/mol. The van der Waals surface area contributed by atoms with Gasteiger partial charge in [-0.2, -0.15) is 0 Å². The summed E-state index contributed by atoms with van der Waals surface area (Å²) >= 11 is 0. The lowest BCUT2D eigenvalue weighted by Gasteiger charge is -2.15. The Labute approximate surface area is 137 Å². The van der Waals surface area contributed by atoms with E-state index >= 15 is 0 Å². The van der Waals surface area contributed by atoms with E-state index in [2.05, 4.69) is 28.4 Å². The van der Waals surface area contributed by atoms with Crippen LogP contribution in [0.3, 0.4) is 0 Å². The van der Waals surface area contributed by atoms with Crippen molar-refractivity contribution in [3.8, 4) is 0 Å². The summed E-state index contributed by atoms with van der Waals surface area (Å²) in [6.07, 6.45) is 2.60. The second-order valence-corrected chi connectivity index (χ2v) is 6.11. The fourth-order valence-corrected chi connectivity index (χ4v) is 3.00. The molecule has 2 aromatic carbocycles. The summed E-state index contributed by atoms with van der Waals surface area (Å²) < 4.78 is 0. The molecular formula is C19H23N3O. The van der Waals surface area contributed by atoms with Crippen molar-refractivity contribution in [3.63, 3.8) is 0 Å². The molecule has 0 radical (unpaired) electrons. The molecule has 0 unspecified atom stereocenters. The quantitative estimate of drug-likeness (QED) is 0.835. The third-order valence-electron chi connectivity index (χ3n) is 4.20. The van der Waals surface area contributed by atoms with Gasteiger partial charge in [-0.1, -0.05) is 30.3 Å². The Morgan fingerprint density at radius 3 is 2.57 bits per heavy atom. The summed E-state index contributed by atoms with van der Waals surface area (Å²) in [6.45, 7) is 3.91. The van der Waals surface area contributed by atoms with Crippen molar-refractivity contribution in [1.82, 2.24) is 10.2 Å². The summed E-state index contributed by atoms with van der Waals surface area (Å²) in [6, 6.07) is 15.5. The smallest absolute Gasteiger partial charge is 0.251 e. The van der Waals surface area contributed by atoms with Crippen LogP contribution >= 0.6 is 0 Å². The van der Waals surface area contributed by atoms with Crippen LogP contribution in [0.25, 0.3) is 0 Å². The number of benzene rings is 2. The molecule has 1 saturated heterocycles. The lowest BCUT2D eigenvalue weighted by Crippen LogP contribution is -2.23. The predicted octanol–water partition coefficient (Wildman–Crippen LogP) is 2.79. The van der Waals surface area contributed by atoms with Gasteiger partial charge in [0.05, 0.1) is 0 Å². The van der Waals surface area contributed by atoms with E-state index in [0.717, 1.165) is 12.1 Å². The molecule has 0 atom stereocenters. The molecule has 3 N–H and O–H groups in total. The summed E-state index contributed by atoms with van der Waals surface area (Å²) in [5.74, 6) is -0.0951. The lowest BCUT2D eigenvalue weighted by atomic mass is 10.1. The van der Waals surface area contributed by atoms with E-state index in [4.69, 9.17) is 5.73 Å². The Morgan fingerprint density at radius 2 is 1.78 bits per heavy atom. The maximum absolute atomic E-state index is 12.2. The number of anilines is 1. The van der Waals surface area contributed by atoms with Gasteiger partial charge >= 0.3 is 0 Å². The monoisotopic (exact) mass is 309 g/mol. The molecule has 1 amide bonds. The Morgan fingerprint density at radius 1 is 1.04 bits per heavy atom. The topological polar surface area (TPSA) is 58.4 Å². The minimum absolute atomic E-state index is 0.0951. The number of nitrogens with two attached hydrogens (primary N) is 1. The molecule has 4 nitrogen and oxygen atoms in total. The number of rotatable bonds is 5. The lowest BCUT2D eigenvalue weighted by molar-refractivity contribution is 0.0951. The van der Waals surface area contributed by atoms with Crippen LogP contribution in [-0.4, -0.2) is 23.9 Å². The summed E-state index contributed by atoms with van der Waals surface area (Å²) in [5, 5.41) is 2.96. The first-order valence-electron chi connectivity index (χ1n) is 8.14. The van der Waals surface area contributed by atoms with E-state index in [-0.39, 0.29) is 5.91 Å². The highest BCUT2D eigenvalue weighted by Gasteiger charge is 2.12. The number of nitrogen functional groups attached to an aromatic ring is 1. The van der Waals surface area contributed by atoms with Crippen LogP contribution in [0.2, 0.25) is 0 Å². The van der Waals surface area contributed by atoms with Crippen LogP contribution in [0.15, 0.2) is 48.5 Å². The highest BCUT2D eigenvalue weighted by molar-refractivity contribution is 5.94. The molecule has 1 aliphatic heterocycles. The molecule has 3 rings (SSSR count). The fourth-order valence-electron chi connectivity index (χ4n) is 3.00. The number of carbonyl (C=O) groups is 1. The molecule has 0 aliphatic carbocycles. The number of hydrogen-bond acceptors (Lipinski definition) is 3. The van der Waals surface area contributed by atoms with E-state index in [9.17, 15) is 4.79 Å². The first kappa shape index (κ1) is 15.6. The van der Waals surface area contributed by atoms with Crippen molar-refractivity contribution in [2.75, 3.05) is 18.8 Å². The van der Waals surface area contributed by atoms with E-state index in [0.29, 0.717) is 17.8 Å². The average Bonchev–Trinajstić information content (AvgIpc) is 3.06. The van der Waals surface area contributed by atoms with Crippen molar-refractivity contribution < 1.29 is 4.79 Å². The van der Waals surface area contributed by atoms with Gasteiger partial charge in [-0.05, 0) is 55.3 Å². The molecule has 0 saturated carbocycles. The van der Waals surface area contributed by atoms with Crippen LogP contribution in [-0.2, 0) is 13.1 Å². The van der Waals surface area contributed by atoms with Gasteiger partial charge in [-0.15, -0.1) is 0 Å². The number of hydrogen-bond donors (Lipinski definition) is 2. The largest absolute Gasteiger partial charge is 0.399 e. The zero-order valence-electron chi connectivity index (χ0n) is 13.3. The van der Waals surface area contributed by atoms with E-state index in [1.807, 2.05) is 6.07 Å². The van der Waals surface area contributed by atoms with Gasteiger partial charge in [0.15, 0.2) is 0 Å². The van der Waals surface area contributed by atoms with Crippen LogP contribution < -0.4 is 11.1 Å². The summed E-state index contributed by atoms with van der Waals surface area (Å²) in [4.78, 5) is 14.6. The molecule has 0 aromatic heterocycles. The highest BCUT2D eigenvalue weighted by Crippen LogP contribution is 2.14. The first-order chi connectivity index (χ1) is 11.2. The zero-order chi connectivity index (χ0) is 16.1. The SMILES string of the molecule is Nc1cccc(C(=O)NCc2cccc(CN3CCCC3)c2)c1. The van der Waals surface area contributed by atoms with E-state index in [1.165, 1.54) is 31.5 Å². The second-order valence-electron chi connectivity index (χ2n) is 6.11. The Kier molecular flexibility index (Phi) is 4.93. The molecule has 120 valence electrons. The van der Waals surface area contributed by atoms with Gasteiger partial charge in [0.2, 0.25) is 0 Å². The van der Waals surface area contributed by atoms with Gasteiger partial charge in [0, 0.05) is 24.3 Å². The predicted molar refractivity (Wildman–Crippen MR) is 93.0 cm³/mol. The molecule has 23 heavy (non-hydrogen) atoms. The van der Waals surface area contributed by atoms with Gasteiger partial charge < -0.3 is 11.1 Å². The minimum Gasteiger partial charge on any atom is -0.399 e. The van der Waals surface area contributed by atoms with Gasteiger partial charge in [0.25, 0.3) is 5.91 Å². The average molecular weight is 309 g/mol. The number of carbonyl (C=O) groups excluding carboxylic acids is 1. The van der Waals surface area contributed by atoms with Crippen molar-refractivity contribution in [3.05, 3.63) is 65.2 Å². The Bertz CT molecular complexity index is 678. The molecule has 1 heterocycles. The molecule has 1 fully saturated rings. The van der Waals surface area contributed by atoms with Crippen molar-refractivity contribution in [2.45, 2.75) is 25.9 Å². The van der Waals surface area contributed by atoms with E-state index in [1.54, 1.807) is 24.3 Å². The van der Waals surface area contributed by atoms with Gasteiger partial charge in [0.1, 0.15) is 0 Å². The third-order valence-corrected chi connectivity index (χ3v) is 4.20. The number of nitrogens with zero attached hydrogens (tertiary/aromatic N) is 1. The van der Waals surface area contributed by atoms with Gasteiger partial charge in [-0.25, -0.2) is 0 Å². The summed E-state index contributed by atoms with van der Waals surface area (Å²) in [7, 11) is 0. The zero-order valence-corrected chi connectivity index (χ0v) is 13.3. The number of nitrogens with one attached hydrogen (secondary N) is 1. The first-order valence-corrected chi connectivity index (χ1v) is 8.14. The number of likely N-dealkylation sites (tertiary alicyclic amines) is 1. The molecule has 0 bridgehead atoms. The normalized spacial score (nSPS) is 14.8. The Balaban J connectivity index is 1.58. The van der Waals surface area contributed by atoms with Crippen LogP contribution in [0.1, 0.15) is 34.3 Å². The molecule has 0 spiro atoms. The highest BCUT2D eigenvalue weighted by atomic mass is 16.1. The van der Waals surface area contributed by atoms with Crippen molar-refractivity contribution >= 4 is 11.6 Å². The maximum Gasteiger partial charge on any atom is 0.251 e. The summed E-state index contributed by atoms with van der Waals surface area (Å²) in [5.41, 5.74) is 9.35. The fraction of sp³-hybridized carbons (Fsp3) is 0.316. The van der Waals surface area contributed by atoms with Gasteiger partial charge in [-0.3, -0.25) is 9.69 Å². The minimum atomic E-state index is -0.0951. The van der Waals surface area contributed by atoms with E-state index < -0.39 is 0 Å². The van der Waals surface area contributed by atoms with Crippen molar-refractivity contribution in [2.24, 2.45) is 0 Å². The molecule has 2 aromatic rings. The van der Waals surface area contributed by atoms with Crippen LogP contribution in [0.5, 0.6) is 0 Å². The molecule has 1 aliphatic rings. The number of amides is 1. The third kappa shape index (κ3) is 4.33. The Hall–Kier alpha value is -2.33.